The van der Waals surface area contributed by atoms with Crippen molar-refractivity contribution in [2.75, 3.05) is 12.0 Å². The van der Waals surface area contributed by atoms with E-state index in [1.54, 1.807) is 0 Å². The zero-order valence-corrected chi connectivity index (χ0v) is 20.5. The number of aromatic nitrogens is 1. The Morgan fingerprint density at radius 2 is 1.57 bits per heavy atom. The molecule has 6 heteroatoms. The van der Waals surface area contributed by atoms with Gasteiger partial charge in [-0.2, -0.15) is 0 Å². The van der Waals surface area contributed by atoms with Crippen LogP contribution in [-0.2, 0) is 16.3 Å². The number of pyridine rings is 1. The molecule has 4 aromatic rings. The van der Waals surface area contributed by atoms with Gasteiger partial charge >= 0.3 is 0 Å². The van der Waals surface area contributed by atoms with Crippen LogP contribution in [0.15, 0.2) is 84.9 Å². The molecule has 1 amide bonds. The lowest BCUT2D eigenvalue weighted by Crippen LogP contribution is -2.31. The summed E-state index contributed by atoms with van der Waals surface area (Å²) in [6.45, 7) is 0. The van der Waals surface area contributed by atoms with Crippen molar-refractivity contribution in [3.8, 4) is 11.3 Å². The molecule has 0 saturated heterocycles. The first-order valence-electron chi connectivity index (χ1n) is 11.9. The van der Waals surface area contributed by atoms with Gasteiger partial charge in [0.1, 0.15) is 9.84 Å². The summed E-state index contributed by atoms with van der Waals surface area (Å²) in [7, 11) is -3.25. The number of rotatable bonds is 8. The SMILES string of the molecule is CS(=O)(=O)CCc1c(-c2ccccc2)nc2ccccc2c1C(=O)NC(c1ccccc1)C1CC1. The topological polar surface area (TPSA) is 76.1 Å². The molecule has 0 radical (unpaired) electrons. The zero-order chi connectivity index (χ0) is 24.4. The van der Waals surface area contributed by atoms with Gasteiger partial charge in [-0.1, -0.05) is 78.9 Å². The zero-order valence-electron chi connectivity index (χ0n) is 19.6. The van der Waals surface area contributed by atoms with Crippen molar-refractivity contribution in [3.63, 3.8) is 0 Å². The largest absolute Gasteiger partial charge is 0.345 e. The van der Waals surface area contributed by atoms with Crippen LogP contribution in [0.3, 0.4) is 0 Å². The van der Waals surface area contributed by atoms with Crippen LogP contribution in [0.2, 0.25) is 0 Å². The van der Waals surface area contributed by atoms with E-state index in [1.807, 2.05) is 84.9 Å². The summed E-state index contributed by atoms with van der Waals surface area (Å²) in [4.78, 5) is 18.9. The Morgan fingerprint density at radius 1 is 0.943 bits per heavy atom. The van der Waals surface area contributed by atoms with Crippen molar-refractivity contribution < 1.29 is 13.2 Å². The molecule has 5 nitrogen and oxygen atoms in total. The molecule has 1 fully saturated rings. The normalized spacial score (nSPS) is 14.5. The van der Waals surface area contributed by atoms with Crippen LogP contribution in [0.5, 0.6) is 0 Å². The van der Waals surface area contributed by atoms with Crippen LogP contribution in [0.1, 0.15) is 40.4 Å². The Balaban J connectivity index is 1.67. The molecule has 0 spiro atoms. The molecule has 3 aromatic carbocycles. The molecule has 1 unspecified atom stereocenters. The number of nitrogens with one attached hydrogen (secondary N) is 1. The Bertz CT molecular complexity index is 1460. The smallest absolute Gasteiger partial charge is 0.252 e. The molecule has 1 heterocycles. The van der Waals surface area contributed by atoms with E-state index in [1.165, 1.54) is 6.26 Å². The van der Waals surface area contributed by atoms with E-state index in [4.69, 9.17) is 4.98 Å². The van der Waals surface area contributed by atoms with E-state index in [0.717, 1.165) is 29.4 Å². The third-order valence-corrected chi connectivity index (χ3v) is 7.47. The number of hydrogen-bond acceptors (Lipinski definition) is 4. The quantitative estimate of drug-likeness (QED) is 0.365. The summed E-state index contributed by atoms with van der Waals surface area (Å²) in [5.74, 6) is 0.158. The van der Waals surface area contributed by atoms with Gasteiger partial charge in [-0.15, -0.1) is 0 Å². The molecular weight excluding hydrogens is 456 g/mol. The summed E-state index contributed by atoms with van der Waals surface area (Å²) < 4.78 is 24.3. The summed E-state index contributed by atoms with van der Waals surface area (Å²) in [5, 5.41) is 4.04. The van der Waals surface area contributed by atoms with Crippen LogP contribution in [0, 0.1) is 5.92 Å². The fourth-order valence-electron chi connectivity index (χ4n) is 4.65. The van der Waals surface area contributed by atoms with Gasteiger partial charge in [-0.3, -0.25) is 4.79 Å². The molecule has 1 atom stereocenters. The van der Waals surface area contributed by atoms with Crippen molar-refractivity contribution >= 4 is 26.6 Å². The minimum absolute atomic E-state index is 0.0577. The van der Waals surface area contributed by atoms with Gasteiger partial charge in [-0.05, 0) is 42.4 Å². The first-order valence-corrected chi connectivity index (χ1v) is 14.0. The monoisotopic (exact) mass is 484 g/mol. The van der Waals surface area contributed by atoms with Gasteiger partial charge in [0.2, 0.25) is 0 Å². The highest BCUT2D eigenvalue weighted by atomic mass is 32.2. The number of nitrogens with zero attached hydrogens (tertiary/aromatic N) is 1. The van der Waals surface area contributed by atoms with Crippen LogP contribution >= 0.6 is 0 Å². The summed E-state index contributed by atoms with van der Waals surface area (Å²) in [6.07, 6.45) is 3.59. The van der Waals surface area contributed by atoms with Crippen LogP contribution in [0.4, 0.5) is 0 Å². The molecule has 35 heavy (non-hydrogen) atoms. The molecular formula is C29H28N2O3S. The fraction of sp³-hybridized carbons (Fsp3) is 0.241. The summed E-state index contributed by atoms with van der Waals surface area (Å²) >= 11 is 0. The van der Waals surface area contributed by atoms with Gasteiger partial charge in [0.15, 0.2) is 0 Å². The molecule has 1 N–H and O–H groups in total. The molecule has 0 bridgehead atoms. The number of para-hydroxylation sites is 1. The minimum atomic E-state index is -3.25. The summed E-state index contributed by atoms with van der Waals surface area (Å²) in [5.41, 5.74) is 4.49. The number of hydrogen-bond donors (Lipinski definition) is 1. The maximum atomic E-state index is 14.0. The third-order valence-electron chi connectivity index (χ3n) is 6.53. The van der Waals surface area contributed by atoms with Crippen LogP contribution in [-0.4, -0.2) is 31.3 Å². The number of amides is 1. The second-order valence-corrected chi connectivity index (χ2v) is 11.5. The van der Waals surface area contributed by atoms with Gasteiger partial charge in [-0.25, -0.2) is 13.4 Å². The van der Waals surface area contributed by atoms with E-state index in [2.05, 4.69) is 5.32 Å². The average Bonchev–Trinajstić information content (AvgIpc) is 3.71. The van der Waals surface area contributed by atoms with Crippen molar-refractivity contribution in [1.82, 2.24) is 10.3 Å². The third kappa shape index (κ3) is 5.28. The second-order valence-electron chi connectivity index (χ2n) is 9.28. The number of carbonyl (C=O) groups excluding carboxylic acids is 1. The van der Waals surface area contributed by atoms with E-state index in [9.17, 15) is 13.2 Å². The predicted octanol–water partition coefficient (Wildman–Crippen LogP) is 5.37. The number of fused-ring (bicyclic) bond motifs is 1. The van der Waals surface area contributed by atoms with Gasteiger partial charge < -0.3 is 5.32 Å². The van der Waals surface area contributed by atoms with Crippen LogP contribution in [0.25, 0.3) is 22.2 Å². The maximum absolute atomic E-state index is 14.0. The van der Waals surface area contributed by atoms with Crippen molar-refractivity contribution in [1.29, 1.82) is 0 Å². The van der Waals surface area contributed by atoms with Crippen molar-refractivity contribution in [3.05, 3.63) is 102 Å². The van der Waals surface area contributed by atoms with E-state index >= 15 is 0 Å². The Hall–Kier alpha value is -3.51. The van der Waals surface area contributed by atoms with Crippen LogP contribution < -0.4 is 5.32 Å². The average molecular weight is 485 g/mol. The lowest BCUT2D eigenvalue weighted by Gasteiger charge is -2.22. The Morgan fingerprint density at radius 3 is 2.23 bits per heavy atom. The molecule has 1 aliphatic rings. The highest BCUT2D eigenvalue weighted by Crippen LogP contribution is 2.41. The standard InChI is InChI=1S/C29H28N2O3S/c1-35(33,34)19-18-24-26(29(32)31-27(22-16-17-22)20-10-4-2-5-11-20)23-14-8-9-15-25(23)30-28(24)21-12-6-3-7-13-21/h2-15,22,27H,16-19H2,1H3,(H,31,32). The minimum Gasteiger partial charge on any atom is -0.345 e. The highest BCUT2D eigenvalue weighted by Gasteiger charge is 2.34. The van der Waals surface area contributed by atoms with Gasteiger partial charge in [0.05, 0.1) is 28.6 Å². The first kappa shape index (κ1) is 23.2. The lowest BCUT2D eigenvalue weighted by molar-refractivity contribution is 0.0932. The Kier molecular flexibility index (Phi) is 6.39. The molecule has 1 saturated carbocycles. The first-order chi connectivity index (χ1) is 16.9. The van der Waals surface area contributed by atoms with E-state index < -0.39 is 9.84 Å². The molecule has 0 aliphatic heterocycles. The maximum Gasteiger partial charge on any atom is 0.252 e. The molecule has 5 rings (SSSR count). The van der Waals surface area contributed by atoms with Gasteiger partial charge in [0.25, 0.3) is 5.91 Å². The van der Waals surface area contributed by atoms with Crippen molar-refractivity contribution in [2.45, 2.75) is 25.3 Å². The van der Waals surface area contributed by atoms with Crippen molar-refractivity contribution in [2.24, 2.45) is 5.92 Å². The van der Waals surface area contributed by atoms with E-state index in [0.29, 0.717) is 28.3 Å². The number of carbonyl (C=O) groups is 1. The summed E-state index contributed by atoms with van der Waals surface area (Å²) in [6, 6.07) is 27.2. The number of benzene rings is 3. The molecule has 178 valence electrons. The Labute approximate surface area is 206 Å². The number of sulfone groups is 1. The highest BCUT2D eigenvalue weighted by molar-refractivity contribution is 7.90. The fourth-order valence-corrected chi connectivity index (χ4v) is 5.23. The lowest BCUT2D eigenvalue weighted by atomic mass is 9.93. The second kappa shape index (κ2) is 9.62. The predicted molar refractivity (Wildman–Crippen MR) is 140 cm³/mol. The molecule has 1 aliphatic carbocycles. The van der Waals surface area contributed by atoms with Gasteiger partial charge in [0, 0.05) is 17.2 Å². The molecule has 1 aromatic heterocycles. The van der Waals surface area contributed by atoms with E-state index in [-0.39, 0.29) is 24.1 Å².